The van der Waals surface area contributed by atoms with Crippen LogP contribution >= 0.6 is 0 Å². The van der Waals surface area contributed by atoms with Crippen LogP contribution in [0.4, 0.5) is 0 Å². The Morgan fingerprint density at radius 3 is 2.44 bits per heavy atom. The maximum Gasteiger partial charge on any atom is 0.257 e. The van der Waals surface area contributed by atoms with Gasteiger partial charge in [-0.15, -0.1) is 0 Å². The summed E-state index contributed by atoms with van der Waals surface area (Å²) >= 11 is 0. The zero-order valence-corrected chi connectivity index (χ0v) is 10.7. The highest BCUT2D eigenvalue weighted by Crippen LogP contribution is 2.30. The van der Waals surface area contributed by atoms with E-state index in [2.05, 4.69) is 5.10 Å². The molecule has 6 nitrogen and oxygen atoms in total. The van der Waals surface area contributed by atoms with Gasteiger partial charge in [-0.25, -0.2) is 0 Å². The molecule has 1 aliphatic heterocycles. The molecule has 0 atom stereocenters. The summed E-state index contributed by atoms with van der Waals surface area (Å²) in [7, 11) is 1.77. The van der Waals surface area contributed by atoms with Crippen molar-refractivity contribution in [1.29, 1.82) is 0 Å². The standard InChI is InChI=1S/C12H18N4O2/c1-12(11(13)18)3-5-16(6-4-12)10(17)9-7-14-15(2)8-9/h7-8H,3-6H2,1-2H3,(H2,13,18). The number of amides is 2. The zero-order chi connectivity index (χ0) is 13.3. The third-order valence-corrected chi connectivity index (χ3v) is 3.70. The first-order valence-corrected chi connectivity index (χ1v) is 6.00. The molecule has 1 aromatic rings. The lowest BCUT2D eigenvalue weighted by Gasteiger charge is -2.37. The predicted molar refractivity (Wildman–Crippen MR) is 65.6 cm³/mol. The Morgan fingerprint density at radius 1 is 1.39 bits per heavy atom. The Morgan fingerprint density at radius 2 is 2.00 bits per heavy atom. The minimum Gasteiger partial charge on any atom is -0.369 e. The van der Waals surface area contributed by atoms with Gasteiger partial charge in [-0.05, 0) is 12.8 Å². The van der Waals surface area contributed by atoms with Crippen LogP contribution < -0.4 is 5.73 Å². The number of aromatic nitrogens is 2. The minimum atomic E-state index is -0.480. The summed E-state index contributed by atoms with van der Waals surface area (Å²) in [5.41, 5.74) is 5.48. The normalized spacial score (nSPS) is 18.7. The molecule has 18 heavy (non-hydrogen) atoms. The summed E-state index contributed by atoms with van der Waals surface area (Å²) in [6.45, 7) is 2.99. The van der Waals surface area contributed by atoms with Crippen molar-refractivity contribution in [3.05, 3.63) is 18.0 Å². The van der Waals surface area contributed by atoms with Gasteiger partial charge in [0.05, 0.1) is 11.8 Å². The first kappa shape index (κ1) is 12.6. The van der Waals surface area contributed by atoms with Gasteiger partial charge in [-0.1, -0.05) is 6.92 Å². The number of likely N-dealkylation sites (tertiary alicyclic amines) is 1. The number of aryl methyl sites for hydroxylation is 1. The van der Waals surface area contributed by atoms with Gasteiger partial charge in [0.15, 0.2) is 0 Å². The second kappa shape index (κ2) is 4.44. The third-order valence-electron chi connectivity index (χ3n) is 3.70. The molecule has 6 heteroatoms. The molecule has 0 unspecified atom stereocenters. The molecule has 1 fully saturated rings. The zero-order valence-electron chi connectivity index (χ0n) is 10.7. The SMILES string of the molecule is Cn1cc(C(=O)N2CCC(C)(C(N)=O)CC2)cn1. The highest BCUT2D eigenvalue weighted by atomic mass is 16.2. The number of nitrogens with two attached hydrogens (primary N) is 1. The Labute approximate surface area is 106 Å². The largest absolute Gasteiger partial charge is 0.369 e. The van der Waals surface area contributed by atoms with Crippen molar-refractivity contribution in [3.63, 3.8) is 0 Å². The summed E-state index contributed by atoms with van der Waals surface area (Å²) in [4.78, 5) is 25.2. The summed E-state index contributed by atoms with van der Waals surface area (Å²) in [5.74, 6) is -0.314. The average Bonchev–Trinajstić information content (AvgIpc) is 2.76. The Balaban J connectivity index is 2.02. The average molecular weight is 250 g/mol. The summed E-state index contributed by atoms with van der Waals surface area (Å²) in [6, 6.07) is 0. The Bertz CT molecular complexity index is 472. The fourth-order valence-corrected chi connectivity index (χ4v) is 2.16. The fourth-order valence-electron chi connectivity index (χ4n) is 2.16. The van der Waals surface area contributed by atoms with Crippen LogP contribution in [0, 0.1) is 5.41 Å². The second-order valence-corrected chi connectivity index (χ2v) is 5.12. The molecule has 2 heterocycles. The molecule has 1 aliphatic rings. The van der Waals surface area contributed by atoms with E-state index in [9.17, 15) is 9.59 Å². The molecule has 0 spiro atoms. The molecule has 2 N–H and O–H groups in total. The van der Waals surface area contributed by atoms with E-state index in [-0.39, 0.29) is 11.8 Å². The van der Waals surface area contributed by atoms with E-state index in [1.165, 1.54) is 0 Å². The first-order chi connectivity index (χ1) is 8.42. The maximum absolute atomic E-state index is 12.2. The lowest BCUT2D eigenvalue weighted by atomic mass is 9.79. The number of nitrogens with zero attached hydrogens (tertiary/aromatic N) is 3. The molecule has 2 amide bonds. The highest BCUT2D eigenvalue weighted by Gasteiger charge is 2.36. The molecule has 1 aromatic heterocycles. The van der Waals surface area contributed by atoms with E-state index >= 15 is 0 Å². The van der Waals surface area contributed by atoms with Gasteiger partial charge < -0.3 is 10.6 Å². The number of hydrogen-bond donors (Lipinski definition) is 1. The Kier molecular flexibility index (Phi) is 3.11. The fraction of sp³-hybridized carbons (Fsp3) is 0.583. The number of primary amides is 1. The van der Waals surface area contributed by atoms with Crippen molar-refractivity contribution >= 4 is 11.8 Å². The van der Waals surface area contributed by atoms with Crippen LogP contribution in [0.2, 0.25) is 0 Å². The van der Waals surface area contributed by atoms with Crippen molar-refractivity contribution < 1.29 is 9.59 Å². The van der Waals surface area contributed by atoms with Crippen LogP contribution in [0.15, 0.2) is 12.4 Å². The van der Waals surface area contributed by atoms with Gasteiger partial charge in [-0.2, -0.15) is 5.10 Å². The van der Waals surface area contributed by atoms with Gasteiger partial charge in [0.25, 0.3) is 5.91 Å². The quantitative estimate of drug-likeness (QED) is 0.811. The lowest BCUT2D eigenvalue weighted by molar-refractivity contribution is -0.129. The van der Waals surface area contributed by atoms with Crippen molar-refractivity contribution in [1.82, 2.24) is 14.7 Å². The second-order valence-electron chi connectivity index (χ2n) is 5.12. The molecule has 0 bridgehead atoms. The number of hydrogen-bond acceptors (Lipinski definition) is 3. The summed E-state index contributed by atoms with van der Waals surface area (Å²) < 4.78 is 1.60. The number of rotatable bonds is 2. The van der Waals surface area contributed by atoms with Crippen LogP contribution in [0.5, 0.6) is 0 Å². The van der Waals surface area contributed by atoms with Crippen molar-refractivity contribution in [3.8, 4) is 0 Å². The lowest BCUT2D eigenvalue weighted by Crippen LogP contribution is -2.47. The van der Waals surface area contributed by atoms with E-state index in [0.717, 1.165) is 0 Å². The number of carbonyl (C=O) groups is 2. The van der Waals surface area contributed by atoms with E-state index in [1.807, 2.05) is 6.92 Å². The van der Waals surface area contributed by atoms with Crippen LogP contribution in [-0.4, -0.2) is 39.6 Å². The molecule has 0 saturated carbocycles. The molecule has 0 radical (unpaired) electrons. The topological polar surface area (TPSA) is 81.2 Å². The van der Waals surface area contributed by atoms with E-state index in [1.54, 1.807) is 29.0 Å². The Hall–Kier alpha value is -1.85. The molecule has 1 saturated heterocycles. The van der Waals surface area contributed by atoms with Crippen LogP contribution in [0.3, 0.4) is 0 Å². The van der Waals surface area contributed by atoms with Gasteiger partial charge >= 0.3 is 0 Å². The molecular weight excluding hydrogens is 232 g/mol. The number of piperidine rings is 1. The molecule has 2 rings (SSSR count). The van der Waals surface area contributed by atoms with Crippen molar-refractivity contribution in [2.45, 2.75) is 19.8 Å². The molecule has 0 aliphatic carbocycles. The number of carbonyl (C=O) groups excluding carboxylic acids is 2. The van der Waals surface area contributed by atoms with E-state index in [0.29, 0.717) is 31.5 Å². The predicted octanol–water partition coefficient (Wildman–Crippen LogP) is 0.148. The van der Waals surface area contributed by atoms with Crippen molar-refractivity contribution in [2.75, 3.05) is 13.1 Å². The van der Waals surface area contributed by atoms with E-state index < -0.39 is 5.41 Å². The highest BCUT2D eigenvalue weighted by molar-refractivity contribution is 5.94. The summed E-state index contributed by atoms with van der Waals surface area (Å²) in [5, 5.41) is 3.98. The maximum atomic E-state index is 12.2. The van der Waals surface area contributed by atoms with Gasteiger partial charge in [0.1, 0.15) is 0 Å². The summed E-state index contributed by atoms with van der Waals surface area (Å²) in [6.07, 6.45) is 4.50. The first-order valence-electron chi connectivity index (χ1n) is 6.00. The molecular formula is C12H18N4O2. The smallest absolute Gasteiger partial charge is 0.257 e. The third kappa shape index (κ3) is 2.23. The minimum absolute atomic E-state index is 0.0328. The molecule has 98 valence electrons. The van der Waals surface area contributed by atoms with Gasteiger partial charge in [0, 0.05) is 31.7 Å². The van der Waals surface area contributed by atoms with Gasteiger partial charge in [-0.3, -0.25) is 14.3 Å². The van der Waals surface area contributed by atoms with Crippen LogP contribution in [0.1, 0.15) is 30.1 Å². The van der Waals surface area contributed by atoms with Crippen LogP contribution in [-0.2, 0) is 11.8 Å². The van der Waals surface area contributed by atoms with Crippen molar-refractivity contribution in [2.24, 2.45) is 18.2 Å². The van der Waals surface area contributed by atoms with Crippen LogP contribution in [0.25, 0.3) is 0 Å². The van der Waals surface area contributed by atoms with E-state index in [4.69, 9.17) is 5.73 Å². The van der Waals surface area contributed by atoms with Gasteiger partial charge in [0.2, 0.25) is 5.91 Å². The molecule has 0 aromatic carbocycles. The monoisotopic (exact) mass is 250 g/mol.